The average Bonchev–Trinajstić information content (AvgIpc) is 2.53. The van der Waals surface area contributed by atoms with E-state index in [0.717, 1.165) is 25.0 Å². The van der Waals surface area contributed by atoms with E-state index in [2.05, 4.69) is 11.5 Å². The summed E-state index contributed by atoms with van der Waals surface area (Å²) in [6.45, 7) is 7.03. The SMILES string of the molecule is C=C(C)[C@H](CO)N1CCCC1CO. The Labute approximate surface area is 79.7 Å². The van der Waals surface area contributed by atoms with Gasteiger partial charge in [0.1, 0.15) is 0 Å². The van der Waals surface area contributed by atoms with Crippen molar-refractivity contribution < 1.29 is 10.2 Å². The normalized spacial score (nSPS) is 26.2. The molecule has 3 nitrogen and oxygen atoms in total. The molecule has 2 N–H and O–H groups in total. The van der Waals surface area contributed by atoms with Crippen molar-refractivity contribution >= 4 is 0 Å². The van der Waals surface area contributed by atoms with Gasteiger partial charge < -0.3 is 10.2 Å². The highest BCUT2D eigenvalue weighted by Gasteiger charge is 2.29. The molecular weight excluding hydrogens is 166 g/mol. The van der Waals surface area contributed by atoms with Crippen LogP contribution in [-0.4, -0.2) is 47.0 Å². The second-order valence-electron chi connectivity index (χ2n) is 3.76. The predicted molar refractivity (Wildman–Crippen MR) is 52.5 cm³/mol. The van der Waals surface area contributed by atoms with Gasteiger partial charge in [0.05, 0.1) is 19.3 Å². The van der Waals surface area contributed by atoms with Gasteiger partial charge >= 0.3 is 0 Å². The molecule has 0 radical (unpaired) electrons. The lowest BCUT2D eigenvalue weighted by Gasteiger charge is -2.31. The summed E-state index contributed by atoms with van der Waals surface area (Å²) in [6.07, 6.45) is 2.13. The van der Waals surface area contributed by atoms with Gasteiger partial charge in [-0.1, -0.05) is 12.2 Å². The quantitative estimate of drug-likeness (QED) is 0.622. The Kier molecular flexibility index (Phi) is 3.90. The van der Waals surface area contributed by atoms with Crippen LogP contribution in [-0.2, 0) is 0 Å². The fourth-order valence-corrected chi connectivity index (χ4v) is 2.01. The number of likely N-dealkylation sites (tertiary alicyclic amines) is 1. The van der Waals surface area contributed by atoms with Crippen LogP contribution in [0.2, 0.25) is 0 Å². The molecule has 0 aromatic rings. The second-order valence-corrected chi connectivity index (χ2v) is 3.76. The molecule has 76 valence electrons. The van der Waals surface area contributed by atoms with E-state index in [1.165, 1.54) is 0 Å². The van der Waals surface area contributed by atoms with Gasteiger partial charge in [0, 0.05) is 6.04 Å². The van der Waals surface area contributed by atoms with Crippen LogP contribution in [0.5, 0.6) is 0 Å². The molecule has 0 bridgehead atoms. The van der Waals surface area contributed by atoms with Gasteiger partial charge in [-0.2, -0.15) is 0 Å². The maximum Gasteiger partial charge on any atom is 0.0625 e. The molecule has 1 rings (SSSR count). The molecule has 0 aliphatic carbocycles. The summed E-state index contributed by atoms with van der Waals surface area (Å²) in [6, 6.07) is 0.244. The lowest BCUT2D eigenvalue weighted by molar-refractivity contribution is 0.0978. The van der Waals surface area contributed by atoms with Gasteiger partial charge in [0.15, 0.2) is 0 Å². The summed E-state index contributed by atoms with van der Waals surface area (Å²) >= 11 is 0. The monoisotopic (exact) mass is 185 g/mol. The molecule has 1 unspecified atom stereocenters. The maximum atomic E-state index is 9.19. The highest BCUT2D eigenvalue weighted by atomic mass is 16.3. The van der Waals surface area contributed by atoms with E-state index in [1.54, 1.807) is 0 Å². The molecule has 13 heavy (non-hydrogen) atoms. The first kappa shape index (κ1) is 10.7. The molecule has 0 amide bonds. The van der Waals surface area contributed by atoms with Gasteiger partial charge in [-0.05, 0) is 26.3 Å². The molecule has 0 saturated carbocycles. The van der Waals surface area contributed by atoms with Crippen molar-refractivity contribution in [1.29, 1.82) is 0 Å². The Morgan fingerprint density at radius 3 is 2.77 bits per heavy atom. The third-order valence-corrected chi connectivity index (χ3v) is 2.78. The molecule has 3 heteroatoms. The predicted octanol–water partition coefficient (Wildman–Crippen LogP) is 0.380. The van der Waals surface area contributed by atoms with Crippen molar-refractivity contribution in [3.05, 3.63) is 12.2 Å². The molecule has 1 fully saturated rings. The van der Waals surface area contributed by atoms with Gasteiger partial charge in [-0.25, -0.2) is 0 Å². The topological polar surface area (TPSA) is 43.7 Å². The summed E-state index contributed by atoms with van der Waals surface area (Å²) in [5.74, 6) is 0. The lowest BCUT2D eigenvalue weighted by atomic mass is 10.1. The second kappa shape index (κ2) is 4.74. The minimum atomic E-state index is 0.0275. The first-order valence-electron chi connectivity index (χ1n) is 4.83. The number of aliphatic hydroxyl groups excluding tert-OH is 2. The van der Waals surface area contributed by atoms with Crippen LogP contribution in [0.4, 0.5) is 0 Å². The van der Waals surface area contributed by atoms with Crippen molar-refractivity contribution in [2.45, 2.75) is 31.8 Å². The Bertz CT molecular complexity index is 182. The number of hydrogen-bond acceptors (Lipinski definition) is 3. The first-order chi connectivity index (χ1) is 6.20. The van der Waals surface area contributed by atoms with Crippen LogP contribution >= 0.6 is 0 Å². The first-order valence-corrected chi connectivity index (χ1v) is 4.83. The van der Waals surface area contributed by atoms with Gasteiger partial charge in [0.2, 0.25) is 0 Å². The molecule has 0 aromatic carbocycles. The number of aliphatic hydroxyl groups is 2. The Balaban J connectivity index is 2.61. The lowest BCUT2D eigenvalue weighted by Crippen LogP contribution is -2.43. The van der Waals surface area contributed by atoms with E-state index >= 15 is 0 Å². The van der Waals surface area contributed by atoms with Crippen molar-refractivity contribution in [1.82, 2.24) is 4.90 Å². The fraction of sp³-hybridized carbons (Fsp3) is 0.800. The Morgan fingerprint density at radius 1 is 1.62 bits per heavy atom. The molecule has 1 heterocycles. The maximum absolute atomic E-state index is 9.19. The number of rotatable bonds is 4. The van der Waals surface area contributed by atoms with Gasteiger partial charge in [-0.3, -0.25) is 4.90 Å². The molecule has 0 spiro atoms. The minimum absolute atomic E-state index is 0.0275. The Morgan fingerprint density at radius 2 is 2.31 bits per heavy atom. The smallest absolute Gasteiger partial charge is 0.0625 e. The van der Waals surface area contributed by atoms with E-state index in [0.29, 0.717) is 0 Å². The van der Waals surface area contributed by atoms with Crippen molar-refractivity contribution in [2.24, 2.45) is 0 Å². The summed E-state index contributed by atoms with van der Waals surface area (Å²) < 4.78 is 0. The van der Waals surface area contributed by atoms with Crippen LogP contribution in [0, 0.1) is 0 Å². The molecule has 1 aliphatic heterocycles. The van der Waals surface area contributed by atoms with Gasteiger partial charge in [0.25, 0.3) is 0 Å². The van der Waals surface area contributed by atoms with Crippen molar-refractivity contribution in [2.75, 3.05) is 19.8 Å². The molecule has 1 aliphatic rings. The van der Waals surface area contributed by atoms with E-state index in [4.69, 9.17) is 5.11 Å². The fourth-order valence-electron chi connectivity index (χ4n) is 2.01. The standard InChI is InChI=1S/C10H19NO2/c1-8(2)10(7-13)11-5-3-4-9(11)6-12/h9-10,12-13H,1,3-7H2,2H3/t9?,10-/m0/s1. The van der Waals surface area contributed by atoms with E-state index in [1.807, 2.05) is 6.92 Å². The molecular formula is C10H19NO2. The Hall–Kier alpha value is -0.380. The van der Waals surface area contributed by atoms with Crippen LogP contribution in [0.3, 0.4) is 0 Å². The van der Waals surface area contributed by atoms with Crippen molar-refractivity contribution in [3.8, 4) is 0 Å². The largest absolute Gasteiger partial charge is 0.395 e. The molecule has 1 saturated heterocycles. The van der Waals surface area contributed by atoms with E-state index in [9.17, 15) is 5.11 Å². The van der Waals surface area contributed by atoms with Crippen LogP contribution in [0.15, 0.2) is 12.2 Å². The highest BCUT2D eigenvalue weighted by Crippen LogP contribution is 2.22. The molecule has 2 atom stereocenters. The highest BCUT2D eigenvalue weighted by molar-refractivity contribution is 5.04. The van der Waals surface area contributed by atoms with Crippen LogP contribution in [0.1, 0.15) is 19.8 Å². The minimum Gasteiger partial charge on any atom is -0.395 e. The third kappa shape index (κ3) is 2.30. The summed E-state index contributed by atoms with van der Waals surface area (Å²) in [5.41, 5.74) is 0.975. The summed E-state index contributed by atoms with van der Waals surface area (Å²) in [5, 5.41) is 18.3. The number of nitrogens with zero attached hydrogens (tertiary/aromatic N) is 1. The molecule has 0 aromatic heterocycles. The zero-order valence-corrected chi connectivity index (χ0v) is 8.24. The van der Waals surface area contributed by atoms with Gasteiger partial charge in [-0.15, -0.1) is 0 Å². The zero-order valence-electron chi connectivity index (χ0n) is 8.24. The third-order valence-electron chi connectivity index (χ3n) is 2.78. The zero-order chi connectivity index (χ0) is 9.84. The average molecular weight is 185 g/mol. The van der Waals surface area contributed by atoms with Crippen LogP contribution < -0.4 is 0 Å². The number of hydrogen-bond donors (Lipinski definition) is 2. The van der Waals surface area contributed by atoms with E-state index < -0.39 is 0 Å². The van der Waals surface area contributed by atoms with Crippen LogP contribution in [0.25, 0.3) is 0 Å². The van der Waals surface area contributed by atoms with E-state index in [-0.39, 0.29) is 25.3 Å². The summed E-state index contributed by atoms with van der Waals surface area (Å²) in [4.78, 5) is 2.16. The summed E-state index contributed by atoms with van der Waals surface area (Å²) in [7, 11) is 0. The van der Waals surface area contributed by atoms with Crippen molar-refractivity contribution in [3.63, 3.8) is 0 Å².